The first-order chi connectivity index (χ1) is 10.2. The van der Waals surface area contributed by atoms with E-state index in [0.717, 1.165) is 39.2 Å². The summed E-state index contributed by atoms with van der Waals surface area (Å²) in [4.78, 5) is 2.24. The molecule has 0 saturated heterocycles. The monoisotopic (exact) mass is 364 g/mol. The summed E-state index contributed by atoms with van der Waals surface area (Å²) in [5.41, 5.74) is 9.25. The van der Waals surface area contributed by atoms with Crippen LogP contribution in [0.15, 0.2) is 43.9 Å². The zero-order valence-corrected chi connectivity index (χ0v) is 14.2. The van der Waals surface area contributed by atoms with E-state index in [1.165, 1.54) is 5.56 Å². The van der Waals surface area contributed by atoms with Crippen molar-refractivity contribution in [2.24, 2.45) is 5.73 Å². The Morgan fingerprint density at radius 3 is 2.81 bits per heavy atom. The lowest BCUT2D eigenvalue weighted by Gasteiger charge is -2.15. The molecule has 5 heteroatoms. The largest absolute Gasteiger partial charge is 0.459 e. The highest BCUT2D eigenvalue weighted by Gasteiger charge is 2.14. The zero-order chi connectivity index (χ0) is 14.8. The smallest absolute Gasteiger partial charge is 0.134 e. The molecule has 3 nitrogen and oxygen atoms in total. The first-order valence-electron chi connectivity index (χ1n) is 6.78. The van der Waals surface area contributed by atoms with E-state index in [9.17, 15) is 0 Å². The van der Waals surface area contributed by atoms with Crippen molar-refractivity contribution in [2.45, 2.75) is 19.6 Å². The second kappa shape index (κ2) is 6.32. The Bertz CT molecular complexity index is 750. The number of para-hydroxylation sites is 1. The molecular weight excluding hydrogens is 348 g/mol. The average Bonchev–Trinajstić information content (AvgIpc) is 3.01. The van der Waals surface area contributed by atoms with Crippen LogP contribution in [-0.4, -0.2) is 11.9 Å². The van der Waals surface area contributed by atoms with E-state index < -0.39 is 0 Å². The number of halogens is 1. The first-order valence-corrected chi connectivity index (χ1v) is 8.45. The standard InChI is InChI=1S/C16H17BrN2OS/c1-19(8-11-6-16(17)21-10-11)9-15-13(7-18)12-4-2-3-5-14(12)20-15/h2-6,10H,7-9,18H2,1H3. The number of fused-ring (bicyclic) bond motifs is 1. The molecule has 2 aromatic heterocycles. The van der Waals surface area contributed by atoms with Crippen LogP contribution in [0.1, 0.15) is 16.9 Å². The van der Waals surface area contributed by atoms with Crippen LogP contribution in [0.25, 0.3) is 11.0 Å². The Morgan fingerprint density at radius 1 is 1.29 bits per heavy atom. The van der Waals surface area contributed by atoms with Crippen LogP contribution in [0, 0.1) is 0 Å². The molecule has 0 aliphatic heterocycles. The summed E-state index contributed by atoms with van der Waals surface area (Å²) in [5, 5.41) is 3.30. The number of nitrogens with zero attached hydrogens (tertiary/aromatic N) is 1. The third-order valence-corrected chi connectivity index (χ3v) is 5.03. The van der Waals surface area contributed by atoms with E-state index in [1.54, 1.807) is 11.3 Å². The molecular formula is C16H17BrN2OS. The van der Waals surface area contributed by atoms with Gasteiger partial charge in [-0.05, 0) is 46.1 Å². The van der Waals surface area contributed by atoms with E-state index in [2.05, 4.69) is 45.4 Å². The van der Waals surface area contributed by atoms with Gasteiger partial charge in [-0.3, -0.25) is 4.90 Å². The molecule has 0 amide bonds. The molecule has 0 aliphatic rings. The SMILES string of the molecule is CN(Cc1csc(Br)c1)Cc1oc2ccccc2c1CN. The highest BCUT2D eigenvalue weighted by Crippen LogP contribution is 2.27. The van der Waals surface area contributed by atoms with Crippen LogP contribution in [0.3, 0.4) is 0 Å². The number of hydrogen-bond acceptors (Lipinski definition) is 4. The maximum atomic E-state index is 5.98. The quantitative estimate of drug-likeness (QED) is 0.731. The average molecular weight is 365 g/mol. The third-order valence-electron chi connectivity index (χ3n) is 3.47. The van der Waals surface area contributed by atoms with Crippen molar-refractivity contribution in [3.05, 3.63) is 56.4 Å². The van der Waals surface area contributed by atoms with Crippen molar-refractivity contribution in [3.63, 3.8) is 0 Å². The molecule has 110 valence electrons. The van der Waals surface area contributed by atoms with Crippen molar-refractivity contribution < 1.29 is 4.42 Å². The summed E-state index contributed by atoms with van der Waals surface area (Å²) in [6, 6.07) is 10.2. The Labute approximate surface area is 136 Å². The van der Waals surface area contributed by atoms with Gasteiger partial charge >= 0.3 is 0 Å². The molecule has 0 aliphatic carbocycles. The van der Waals surface area contributed by atoms with Gasteiger partial charge in [0.25, 0.3) is 0 Å². The normalized spacial score (nSPS) is 11.6. The van der Waals surface area contributed by atoms with Crippen LogP contribution in [0.2, 0.25) is 0 Å². The molecule has 2 heterocycles. The van der Waals surface area contributed by atoms with Gasteiger partial charge < -0.3 is 10.2 Å². The van der Waals surface area contributed by atoms with Crippen molar-refractivity contribution >= 4 is 38.2 Å². The fraction of sp³-hybridized carbons (Fsp3) is 0.250. The molecule has 0 bridgehead atoms. The fourth-order valence-electron chi connectivity index (χ4n) is 2.54. The Hall–Kier alpha value is -1.14. The molecule has 0 spiro atoms. The minimum Gasteiger partial charge on any atom is -0.459 e. The van der Waals surface area contributed by atoms with E-state index in [-0.39, 0.29) is 0 Å². The molecule has 3 aromatic rings. The summed E-state index contributed by atoms with van der Waals surface area (Å²) in [5.74, 6) is 0.968. The van der Waals surface area contributed by atoms with Gasteiger partial charge in [0.05, 0.1) is 10.3 Å². The predicted molar refractivity (Wildman–Crippen MR) is 91.3 cm³/mol. The zero-order valence-electron chi connectivity index (χ0n) is 11.8. The lowest BCUT2D eigenvalue weighted by atomic mass is 10.1. The van der Waals surface area contributed by atoms with E-state index in [0.29, 0.717) is 6.54 Å². The fourth-order valence-corrected chi connectivity index (χ4v) is 3.74. The second-order valence-corrected chi connectivity index (χ2v) is 7.43. The molecule has 0 radical (unpaired) electrons. The summed E-state index contributed by atoms with van der Waals surface area (Å²) in [7, 11) is 2.10. The summed E-state index contributed by atoms with van der Waals surface area (Å²) < 4.78 is 7.14. The summed E-state index contributed by atoms with van der Waals surface area (Å²) >= 11 is 5.21. The van der Waals surface area contributed by atoms with E-state index >= 15 is 0 Å². The molecule has 1 aromatic carbocycles. The van der Waals surface area contributed by atoms with Gasteiger partial charge in [0.2, 0.25) is 0 Å². The number of furan rings is 1. The van der Waals surface area contributed by atoms with Gasteiger partial charge in [-0.25, -0.2) is 0 Å². The van der Waals surface area contributed by atoms with Crippen LogP contribution in [0.5, 0.6) is 0 Å². The topological polar surface area (TPSA) is 42.4 Å². The summed E-state index contributed by atoms with van der Waals surface area (Å²) in [6.07, 6.45) is 0. The van der Waals surface area contributed by atoms with Gasteiger partial charge in [0.1, 0.15) is 11.3 Å². The van der Waals surface area contributed by atoms with Crippen LogP contribution < -0.4 is 5.73 Å². The Morgan fingerprint density at radius 2 is 2.10 bits per heavy atom. The molecule has 0 saturated carbocycles. The van der Waals surface area contributed by atoms with Gasteiger partial charge in [-0.1, -0.05) is 18.2 Å². The Balaban J connectivity index is 1.80. The predicted octanol–water partition coefficient (Wildman–Crippen LogP) is 4.35. The first kappa shape index (κ1) is 14.8. The molecule has 0 atom stereocenters. The lowest BCUT2D eigenvalue weighted by Crippen LogP contribution is -2.17. The minimum absolute atomic E-state index is 0.504. The molecule has 2 N–H and O–H groups in total. The van der Waals surface area contributed by atoms with E-state index in [1.807, 2.05) is 18.2 Å². The number of nitrogens with two attached hydrogens (primary N) is 1. The third kappa shape index (κ3) is 3.21. The molecule has 21 heavy (non-hydrogen) atoms. The Kier molecular flexibility index (Phi) is 4.45. The number of rotatable bonds is 5. The molecule has 0 unspecified atom stereocenters. The van der Waals surface area contributed by atoms with Crippen molar-refractivity contribution in [3.8, 4) is 0 Å². The summed E-state index contributed by atoms with van der Waals surface area (Å²) in [6.45, 7) is 2.15. The number of hydrogen-bond donors (Lipinski definition) is 1. The van der Waals surface area contributed by atoms with Gasteiger partial charge in [-0.2, -0.15) is 0 Å². The van der Waals surface area contributed by atoms with Crippen LogP contribution in [-0.2, 0) is 19.6 Å². The maximum Gasteiger partial charge on any atom is 0.134 e. The van der Waals surface area contributed by atoms with Crippen molar-refractivity contribution in [2.75, 3.05) is 7.05 Å². The van der Waals surface area contributed by atoms with Crippen LogP contribution >= 0.6 is 27.3 Å². The highest BCUT2D eigenvalue weighted by molar-refractivity contribution is 9.11. The molecule has 3 rings (SSSR count). The van der Waals surface area contributed by atoms with Crippen molar-refractivity contribution in [1.82, 2.24) is 4.90 Å². The number of benzene rings is 1. The maximum absolute atomic E-state index is 5.98. The van der Waals surface area contributed by atoms with Gasteiger partial charge in [-0.15, -0.1) is 11.3 Å². The van der Waals surface area contributed by atoms with E-state index in [4.69, 9.17) is 10.2 Å². The van der Waals surface area contributed by atoms with Gasteiger partial charge in [0.15, 0.2) is 0 Å². The van der Waals surface area contributed by atoms with Crippen molar-refractivity contribution in [1.29, 1.82) is 0 Å². The number of thiophene rings is 1. The van der Waals surface area contributed by atoms with Crippen LogP contribution in [0.4, 0.5) is 0 Å². The lowest BCUT2D eigenvalue weighted by molar-refractivity contribution is 0.290. The molecule has 0 fully saturated rings. The van der Waals surface area contributed by atoms with Gasteiger partial charge in [0, 0.05) is 24.0 Å². The highest BCUT2D eigenvalue weighted by atomic mass is 79.9. The second-order valence-electron chi connectivity index (χ2n) is 5.14. The minimum atomic E-state index is 0.504.